The number of aromatic nitrogens is 3. The van der Waals surface area contributed by atoms with Crippen LogP contribution in [0.5, 0.6) is 5.75 Å². The molecule has 1 aliphatic rings. The number of rotatable bonds is 7. The number of thioether (sulfide) groups is 1. The van der Waals surface area contributed by atoms with Gasteiger partial charge >= 0.3 is 12.4 Å². The van der Waals surface area contributed by atoms with Crippen molar-refractivity contribution < 1.29 is 27.5 Å². The van der Waals surface area contributed by atoms with Crippen LogP contribution in [-0.2, 0) is 11.3 Å². The molecule has 2 heterocycles. The summed E-state index contributed by atoms with van der Waals surface area (Å²) >= 11 is 1.23. The molecule has 1 fully saturated rings. The highest BCUT2D eigenvalue weighted by atomic mass is 32.2. The van der Waals surface area contributed by atoms with Crippen LogP contribution >= 0.6 is 11.8 Å². The quantitative estimate of drug-likeness (QED) is 0.253. The minimum absolute atomic E-state index is 0.124. The number of carbonyl (C=O) groups excluding carboxylic acids is 2. The van der Waals surface area contributed by atoms with Crippen LogP contribution in [0.3, 0.4) is 0 Å². The molecule has 0 bridgehead atoms. The van der Waals surface area contributed by atoms with Crippen molar-refractivity contribution >= 4 is 34.6 Å². The second kappa shape index (κ2) is 12.3. The highest BCUT2D eigenvalue weighted by molar-refractivity contribution is 8.15. The van der Waals surface area contributed by atoms with Crippen LogP contribution in [0.4, 0.5) is 23.7 Å². The molecule has 1 saturated heterocycles. The van der Waals surface area contributed by atoms with E-state index in [0.717, 1.165) is 22.4 Å². The van der Waals surface area contributed by atoms with Gasteiger partial charge in [-0.1, -0.05) is 67.6 Å². The summed E-state index contributed by atoms with van der Waals surface area (Å²) in [5, 5.41) is 7.51. The first-order valence-electron chi connectivity index (χ1n) is 13.3. The number of hydrogen-bond donors (Lipinski definition) is 1. The van der Waals surface area contributed by atoms with Crippen molar-refractivity contribution in [1.82, 2.24) is 20.1 Å². The number of alkyl halides is 3. The van der Waals surface area contributed by atoms with Crippen molar-refractivity contribution in [3.63, 3.8) is 0 Å². The Balaban J connectivity index is 1.22. The van der Waals surface area contributed by atoms with Gasteiger partial charge in [0.1, 0.15) is 12.1 Å². The van der Waals surface area contributed by atoms with Gasteiger partial charge in [-0.05, 0) is 54.3 Å². The number of aliphatic imine (C=N–C) groups is 1. The molecule has 0 atom stereocenters. The van der Waals surface area contributed by atoms with E-state index in [2.05, 4.69) is 39.0 Å². The molecule has 4 aromatic rings. The molecule has 3 amide bonds. The first-order chi connectivity index (χ1) is 20.5. The van der Waals surface area contributed by atoms with Gasteiger partial charge < -0.3 is 10.1 Å². The van der Waals surface area contributed by atoms with Crippen molar-refractivity contribution in [3.05, 3.63) is 89.7 Å². The Bertz CT molecular complexity index is 1670. The van der Waals surface area contributed by atoms with Gasteiger partial charge in [0.15, 0.2) is 11.0 Å². The van der Waals surface area contributed by atoms with Crippen LogP contribution in [0.2, 0.25) is 0 Å². The topological polar surface area (TPSA) is 102 Å². The third-order valence-corrected chi connectivity index (χ3v) is 7.41. The molecule has 0 spiro atoms. The highest BCUT2D eigenvalue weighted by Crippen LogP contribution is 2.34. The maximum Gasteiger partial charge on any atom is 0.573 e. The summed E-state index contributed by atoms with van der Waals surface area (Å²) in [7, 11) is 0. The fourth-order valence-corrected chi connectivity index (χ4v) is 5.28. The lowest BCUT2D eigenvalue weighted by atomic mass is 9.98. The molecule has 9 nitrogen and oxygen atoms in total. The number of halogens is 3. The first kappa shape index (κ1) is 29.8. The molecule has 3 aromatic carbocycles. The van der Waals surface area contributed by atoms with Gasteiger partial charge in [-0.25, -0.2) is 14.5 Å². The van der Waals surface area contributed by atoms with Gasteiger partial charge in [0, 0.05) is 12.1 Å². The number of benzene rings is 3. The van der Waals surface area contributed by atoms with Crippen molar-refractivity contribution in [2.24, 2.45) is 4.99 Å². The minimum Gasteiger partial charge on any atom is -0.406 e. The van der Waals surface area contributed by atoms with E-state index in [1.54, 1.807) is 12.1 Å². The van der Waals surface area contributed by atoms with E-state index in [9.17, 15) is 22.8 Å². The van der Waals surface area contributed by atoms with Crippen molar-refractivity contribution in [2.75, 3.05) is 10.7 Å². The Morgan fingerprint density at radius 1 is 1.09 bits per heavy atom. The van der Waals surface area contributed by atoms with Gasteiger partial charge in [-0.3, -0.25) is 9.69 Å². The number of nitrogens with one attached hydrogen (secondary N) is 1. The molecule has 0 radical (unpaired) electrons. The second-order valence-electron chi connectivity index (χ2n) is 10.0. The molecule has 1 N–H and O–H groups in total. The summed E-state index contributed by atoms with van der Waals surface area (Å²) in [5.41, 5.74) is 4.87. The molecule has 222 valence electrons. The smallest absolute Gasteiger partial charge is 0.406 e. The fraction of sp³-hybridized carbons (Fsp3) is 0.233. The van der Waals surface area contributed by atoms with Gasteiger partial charge in [0.2, 0.25) is 5.91 Å². The summed E-state index contributed by atoms with van der Waals surface area (Å²) in [5.74, 6) is 0.355. The van der Waals surface area contributed by atoms with E-state index >= 15 is 0 Å². The standard InChI is InChI=1S/C30H27F3N6O3S/c1-18(2)24-14-19(3)4-13-25(24)39-26(40)16-43-29(39)36-28(41)34-15-20-5-7-21(8-6-20)27-35-17-38(37-27)22-9-11-23(12-10-22)42-30(31,32)33/h4-14,17-18H,15-16H2,1-3H3,(H,34,41). The minimum atomic E-state index is -4.76. The van der Waals surface area contributed by atoms with Gasteiger partial charge in [-0.15, -0.1) is 18.3 Å². The first-order valence-corrected chi connectivity index (χ1v) is 14.3. The maximum absolute atomic E-state index is 12.7. The van der Waals surface area contributed by atoms with Crippen LogP contribution in [0.1, 0.15) is 36.5 Å². The predicted molar refractivity (Wildman–Crippen MR) is 158 cm³/mol. The summed E-state index contributed by atoms with van der Waals surface area (Å²) in [6.07, 6.45) is -3.31. The van der Waals surface area contributed by atoms with Crippen molar-refractivity contribution in [2.45, 2.75) is 39.6 Å². The predicted octanol–water partition coefficient (Wildman–Crippen LogP) is 6.61. The molecule has 1 aromatic heterocycles. The molecule has 0 aliphatic carbocycles. The number of anilines is 1. The number of carbonyl (C=O) groups is 2. The Morgan fingerprint density at radius 2 is 1.81 bits per heavy atom. The SMILES string of the molecule is Cc1ccc(N2C(=O)CSC2=NC(=O)NCc2ccc(-c3ncn(-c4ccc(OC(F)(F)F)cc4)n3)cc2)c(C(C)C)c1. The van der Waals surface area contributed by atoms with Crippen molar-refractivity contribution in [3.8, 4) is 22.8 Å². The lowest BCUT2D eigenvalue weighted by Crippen LogP contribution is -2.32. The van der Waals surface area contributed by atoms with Gasteiger partial charge in [0.05, 0.1) is 17.1 Å². The van der Waals surface area contributed by atoms with Crippen LogP contribution in [0.15, 0.2) is 78.0 Å². The zero-order valence-corrected chi connectivity index (χ0v) is 24.2. The third-order valence-electron chi connectivity index (χ3n) is 6.49. The molecule has 43 heavy (non-hydrogen) atoms. The maximum atomic E-state index is 12.7. The number of amides is 3. The fourth-order valence-electron chi connectivity index (χ4n) is 4.42. The van der Waals surface area contributed by atoms with Gasteiger partial charge in [0.25, 0.3) is 0 Å². The largest absolute Gasteiger partial charge is 0.573 e. The van der Waals surface area contributed by atoms with Crippen LogP contribution in [-0.4, -0.2) is 44.0 Å². The van der Waals surface area contributed by atoms with E-state index in [1.165, 1.54) is 51.9 Å². The molecular weight excluding hydrogens is 581 g/mol. The monoisotopic (exact) mass is 608 g/mol. The van der Waals surface area contributed by atoms with E-state index in [0.29, 0.717) is 22.2 Å². The number of urea groups is 1. The Kier molecular flexibility index (Phi) is 8.53. The zero-order chi connectivity index (χ0) is 30.7. The van der Waals surface area contributed by atoms with E-state index in [-0.39, 0.29) is 29.9 Å². The molecule has 13 heteroatoms. The number of amidine groups is 1. The summed E-state index contributed by atoms with van der Waals surface area (Å²) in [6, 6.07) is 17.8. The Labute approximate surface area is 249 Å². The van der Waals surface area contributed by atoms with Crippen LogP contribution in [0, 0.1) is 6.92 Å². The summed E-state index contributed by atoms with van der Waals surface area (Å²) < 4.78 is 42.5. The Morgan fingerprint density at radius 3 is 2.49 bits per heavy atom. The van der Waals surface area contributed by atoms with E-state index in [1.807, 2.05) is 37.3 Å². The summed E-state index contributed by atoms with van der Waals surface area (Å²) in [6.45, 7) is 6.32. The van der Waals surface area contributed by atoms with Crippen LogP contribution < -0.4 is 15.0 Å². The number of ether oxygens (including phenoxy) is 1. The lowest BCUT2D eigenvalue weighted by Gasteiger charge is -2.22. The van der Waals surface area contributed by atoms with Gasteiger partial charge in [-0.2, -0.15) is 4.99 Å². The second-order valence-corrected chi connectivity index (χ2v) is 11.0. The molecule has 5 rings (SSSR count). The van der Waals surface area contributed by atoms with Crippen LogP contribution in [0.25, 0.3) is 17.1 Å². The molecule has 1 aliphatic heterocycles. The zero-order valence-electron chi connectivity index (χ0n) is 23.4. The van der Waals surface area contributed by atoms with Crippen molar-refractivity contribution in [1.29, 1.82) is 0 Å². The molecule has 0 saturated carbocycles. The Hall–Kier alpha value is -4.65. The normalized spacial score (nSPS) is 14.5. The van der Waals surface area contributed by atoms with E-state index in [4.69, 9.17) is 0 Å². The average Bonchev–Trinajstić information content (AvgIpc) is 3.59. The van der Waals surface area contributed by atoms with E-state index < -0.39 is 12.4 Å². The molecular formula is C30H27F3N6O3S. The average molecular weight is 609 g/mol. The lowest BCUT2D eigenvalue weighted by molar-refractivity contribution is -0.274. The highest BCUT2D eigenvalue weighted by Gasteiger charge is 2.32. The number of hydrogen-bond acceptors (Lipinski definition) is 6. The summed E-state index contributed by atoms with van der Waals surface area (Å²) in [4.78, 5) is 35.4. The molecule has 0 unspecified atom stereocenters. The number of nitrogens with zero attached hydrogens (tertiary/aromatic N) is 5. The third kappa shape index (κ3) is 7.23. The number of aryl methyl sites for hydroxylation is 1.